The fourth-order valence-corrected chi connectivity index (χ4v) is 3.61. The highest BCUT2D eigenvalue weighted by Gasteiger charge is 2.40. The van der Waals surface area contributed by atoms with Gasteiger partial charge in [-0.3, -0.25) is 4.79 Å². The van der Waals surface area contributed by atoms with Crippen LogP contribution in [-0.2, 0) is 14.3 Å². The second kappa shape index (κ2) is 7.28. The molecule has 0 radical (unpaired) electrons. The van der Waals surface area contributed by atoms with Crippen LogP contribution in [0.3, 0.4) is 0 Å². The molecule has 118 valence electrons. The molecule has 3 atom stereocenters. The average molecular weight is 430 g/mol. The maximum Gasteiger partial charge on any atom is 0.173 e. The number of fused-ring (bicyclic) bond motifs is 1. The zero-order chi connectivity index (χ0) is 15.5. The molecule has 1 fully saturated rings. The molecule has 5 heteroatoms. The van der Waals surface area contributed by atoms with E-state index in [0.717, 1.165) is 34.6 Å². The number of carbonyl (C=O) groups is 1. The van der Waals surface area contributed by atoms with Gasteiger partial charge in [0.25, 0.3) is 0 Å². The average Bonchev–Trinajstić information content (AvgIpc) is 2.54. The van der Waals surface area contributed by atoms with E-state index in [-0.39, 0.29) is 23.9 Å². The smallest absolute Gasteiger partial charge is 0.173 e. The van der Waals surface area contributed by atoms with Gasteiger partial charge in [-0.05, 0) is 30.5 Å². The van der Waals surface area contributed by atoms with Gasteiger partial charge in [0.15, 0.2) is 5.78 Å². The molecule has 1 aliphatic carbocycles. The molecule has 1 aromatic carbocycles. The van der Waals surface area contributed by atoms with Crippen LogP contribution in [0.4, 0.5) is 0 Å². The normalized spacial score (nSPS) is 27.8. The summed E-state index contributed by atoms with van der Waals surface area (Å²) in [5.41, 5.74) is 1.61. The summed E-state index contributed by atoms with van der Waals surface area (Å²) < 4.78 is 12.7. The maximum absolute atomic E-state index is 12.8. The Morgan fingerprint density at radius 3 is 2.73 bits per heavy atom. The van der Waals surface area contributed by atoms with Crippen molar-refractivity contribution >= 4 is 43.2 Å². The van der Waals surface area contributed by atoms with E-state index in [0.29, 0.717) is 12.2 Å². The van der Waals surface area contributed by atoms with Crippen LogP contribution >= 0.6 is 31.9 Å². The molecule has 1 saturated carbocycles. The van der Waals surface area contributed by atoms with Gasteiger partial charge in [-0.2, -0.15) is 0 Å². The lowest BCUT2D eigenvalue weighted by atomic mass is 9.78. The molecule has 1 aromatic rings. The van der Waals surface area contributed by atoms with Gasteiger partial charge in [-0.15, -0.1) is 0 Å². The Morgan fingerprint density at radius 1 is 1.23 bits per heavy atom. The highest BCUT2D eigenvalue weighted by molar-refractivity contribution is 9.10. The summed E-state index contributed by atoms with van der Waals surface area (Å²) in [6, 6.07) is 7.78. The number of ether oxygens (including phenoxy) is 2. The predicted octanol–water partition coefficient (Wildman–Crippen LogP) is 4.34. The molecule has 22 heavy (non-hydrogen) atoms. The first kappa shape index (κ1) is 16.2. The first-order valence-electron chi connectivity index (χ1n) is 7.52. The molecular weight excluding hydrogens is 412 g/mol. The number of benzene rings is 1. The molecule has 0 aromatic heterocycles. The number of Topliss-reactive ketones (excluding diaryl/α,β-unsaturated/α-hetero) is 1. The summed E-state index contributed by atoms with van der Waals surface area (Å²) in [6.07, 6.45) is 4.36. The maximum atomic E-state index is 12.8. The van der Waals surface area contributed by atoms with Gasteiger partial charge in [0, 0.05) is 16.2 Å². The Balaban J connectivity index is 1.72. The largest absolute Gasteiger partial charge is 0.496 e. The summed E-state index contributed by atoms with van der Waals surface area (Å²) >= 11 is 6.78. The fraction of sp³-hybridized carbons (Fsp3) is 0.471. The molecule has 1 aliphatic heterocycles. The van der Waals surface area contributed by atoms with E-state index in [4.69, 9.17) is 9.47 Å². The van der Waals surface area contributed by atoms with Crippen molar-refractivity contribution in [2.75, 3.05) is 11.9 Å². The minimum absolute atomic E-state index is 0.0348. The number of ketones is 1. The van der Waals surface area contributed by atoms with Crippen molar-refractivity contribution in [1.29, 1.82) is 0 Å². The number of alkyl halides is 1. The van der Waals surface area contributed by atoms with Crippen LogP contribution in [0.1, 0.15) is 24.8 Å². The molecule has 0 spiro atoms. The molecule has 0 N–H and O–H groups in total. The summed E-state index contributed by atoms with van der Waals surface area (Å²) in [4.78, 5) is 12.8. The highest BCUT2D eigenvalue weighted by Crippen LogP contribution is 2.37. The van der Waals surface area contributed by atoms with Crippen LogP contribution in [-0.4, -0.2) is 29.9 Å². The van der Waals surface area contributed by atoms with Gasteiger partial charge in [0.2, 0.25) is 0 Å². The van der Waals surface area contributed by atoms with E-state index in [1.165, 1.54) is 0 Å². The van der Waals surface area contributed by atoms with Crippen LogP contribution in [0.2, 0.25) is 0 Å². The summed E-state index contributed by atoms with van der Waals surface area (Å²) in [7, 11) is 0. The van der Waals surface area contributed by atoms with Gasteiger partial charge >= 0.3 is 0 Å². The number of allylic oxidation sites excluding steroid dienone is 1. The number of halogens is 2. The molecule has 3 unspecified atom stereocenters. The molecule has 3 nitrogen and oxygen atoms in total. The van der Waals surface area contributed by atoms with Crippen LogP contribution in [0.15, 0.2) is 35.0 Å². The quantitative estimate of drug-likeness (QED) is 0.668. The molecule has 1 heterocycles. The second-order valence-corrected chi connectivity index (χ2v) is 7.39. The zero-order valence-electron chi connectivity index (χ0n) is 12.1. The molecule has 0 bridgehead atoms. The van der Waals surface area contributed by atoms with Crippen molar-refractivity contribution in [2.45, 2.75) is 31.5 Å². The Bertz CT molecular complexity index is 568. The molecular formula is C17H18Br2O3. The standard InChI is InChI=1S/C17H18Br2O3/c18-7-8-21-13-5-6-14-16(9-13)22-10-15(17(14)20)11-1-3-12(19)4-2-11/h1-4,10,13-14,16H,5-9H2. The lowest BCUT2D eigenvalue weighted by Crippen LogP contribution is -2.41. The Kier molecular flexibility index (Phi) is 5.37. The van der Waals surface area contributed by atoms with Gasteiger partial charge in [0.1, 0.15) is 6.10 Å². The van der Waals surface area contributed by atoms with Gasteiger partial charge < -0.3 is 9.47 Å². The zero-order valence-corrected chi connectivity index (χ0v) is 15.3. The third kappa shape index (κ3) is 3.47. The van der Waals surface area contributed by atoms with Crippen molar-refractivity contribution in [3.63, 3.8) is 0 Å². The number of rotatable bonds is 4. The van der Waals surface area contributed by atoms with E-state index in [2.05, 4.69) is 31.9 Å². The summed E-state index contributed by atoms with van der Waals surface area (Å²) in [5, 5.41) is 0.838. The van der Waals surface area contributed by atoms with Gasteiger partial charge in [0.05, 0.1) is 30.5 Å². The number of hydrogen-bond acceptors (Lipinski definition) is 3. The molecule has 0 amide bonds. The number of carbonyl (C=O) groups excluding carboxylic acids is 1. The topological polar surface area (TPSA) is 35.5 Å². The molecule has 3 rings (SSSR count). The first-order chi connectivity index (χ1) is 10.7. The predicted molar refractivity (Wildman–Crippen MR) is 92.9 cm³/mol. The first-order valence-corrected chi connectivity index (χ1v) is 9.44. The summed E-state index contributed by atoms with van der Waals surface area (Å²) in [6.45, 7) is 0.704. The molecule has 2 aliphatic rings. The van der Waals surface area contributed by atoms with Crippen molar-refractivity contribution in [1.82, 2.24) is 0 Å². The van der Waals surface area contributed by atoms with Crippen LogP contribution in [0.25, 0.3) is 5.57 Å². The summed E-state index contributed by atoms with van der Waals surface area (Å²) in [5.74, 6) is 0.171. The van der Waals surface area contributed by atoms with Crippen molar-refractivity contribution in [3.05, 3.63) is 40.6 Å². The third-order valence-electron chi connectivity index (χ3n) is 4.29. The Morgan fingerprint density at radius 2 is 2.00 bits per heavy atom. The lowest BCUT2D eigenvalue weighted by molar-refractivity contribution is -0.127. The van der Waals surface area contributed by atoms with Crippen molar-refractivity contribution < 1.29 is 14.3 Å². The van der Waals surface area contributed by atoms with E-state index in [1.807, 2.05) is 24.3 Å². The monoisotopic (exact) mass is 428 g/mol. The van der Waals surface area contributed by atoms with Crippen molar-refractivity contribution in [3.8, 4) is 0 Å². The van der Waals surface area contributed by atoms with Crippen LogP contribution < -0.4 is 0 Å². The van der Waals surface area contributed by atoms with Crippen LogP contribution in [0.5, 0.6) is 0 Å². The minimum Gasteiger partial charge on any atom is -0.496 e. The second-order valence-electron chi connectivity index (χ2n) is 5.68. The fourth-order valence-electron chi connectivity index (χ4n) is 3.16. The SMILES string of the molecule is O=C1C(c2ccc(Br)cc2)=COC2CC(OCCBr)CCC12. The Hall–Kier alpha value is -0.650. The minimum atomic E-state index is -0.0410. The van der Waals surface area contributed by atoms with E-state index in [9.17, 15) is 4.79 Å². The van der Waals surface area contributed by atoms with Crippen molar-refractivity contribution in [2.24, 2.45) is 5.92 Å². The van der Waals surface area contributed by atoms with E-state index >= 15 is 0 Å². The van der Waals surface area contributed by atoms with E-state index < -0.39 is 0 Å². The lowest BCUT2D eigenvalue weighted by Gasteiger charge is -2.37. The highest BCUT2D eigenvalue weighted by atomic mass is 79.9. The Labute approximate surface area is 147 Å². The number of hydrogen-bond donors (Lipinski definition) is 0. The molecule has 0 saturated heterocycles. The van der Waals surface area contributed by atoms with Crippen LogP contribution in [0, 0.1) is 5.92 Å². The van der Waals surface area contributed by atoms with E-state index in [1.54, 1.807) is 6.26 Å². The van der Waals surface area contributed by atoms with Gasteiger partial charge in [-0.1, -0.05) is 44.0 Å². The van der Waals surface area contributed by atoms with Gasteiger partial charge in [-0.25, -0.2) is 0 Å². The third-order valence-corrected chi connectivity index (χ3v) is 5.14.